The SMILES string of the molecule is COc1ccc(NC(=O)CCc2cccc(C)c2)cc1N. The molecule has 0 aliphatic rings. The maximum absolute atomic E-state index is 12.0. The number of aryl methyl sites for hydroxylation is 2. The molecule has 4 heteroatoms. The lowest BCUT2D eigenvalue weighted by Crippen LogP contribution is -2.12. The minimum atomic E-state index is -0.0268. The van der Waals surface area contributed by atoms with Crippen molar-refractivity contribution in [2.45, 2.75) is 19.8 Å². The van der Waals surface area contributed by atoms with Crippen LogP contribution in [0.25, 0.3) is 0 Å². The van der Waals surface area contributed by atoms with Gasteiger partial charge in [-0.1, -0.05) is 29.8 Å². The van der Waals surface area contributed by atoms with E-state index in [1.807, 2.05) is 25.1 Å². The van der Waals surface area contributed by atoms with Crippen LogP contribution in [-0.4, -0.2) is 13.0 Å². The summed E-state index contributed by atoms with van der Waals surface area (Å²) in [5.41, 5.74) is 9.37. The molecular weight excluding hydrogens is 264 g/mol. The van der Waals surface area contributed by atoms with Gasteiger partial charge < -0.3 is 15.8 Å². The first-order valence-electron chi connectivity index (χ1n) is 6.87. The van der Waals surface area contributed by atoms with E-state index in [0.717, 1.165) is 6.42 Å². The molecule has 0 fully saturated rings. The Balaban J connectivity index is 1.91. The zero-order valence-electron chi connectivity index (χ0n) is 12.3. The molecule has 0 bridgehead atoms. The predicted octanol–water partition coefficient (Wildman–Crippen LogP) is 3.16. The van der Waals surface area contributed by atoms with E-state index >= 15 is 0 Å². The second-order valence-electron chi connectivity index (χ2n) is 4.99. The van der Waals surface area contributed by atoms with Crippen molar-refractivity contribution in [1.82, 2.24) is 0 Å². The number of nitrogens with two attached hydrogens (primary N) is 1. The average molecular weight is 284 g/mol. The predicted molar refractivity (Wildman–Crippen MR) is 85.5 cm³/mol. The second kappa shape index (κ2) is 6.79. The second-order valence-corrected chi connectivity index (χ2v) is 4.99. The molecule has 0 saturated carbocycles. The minimum absolute atomic E-state index is 0.0268. The lowest BCUT2D eigenvalue weighted by Gasteiger charge is -2.09. The first kappa shape index (κ1) is 14.9. The fourth-order valence-corrected chi connectivity index (χ4v) is 2.16. The van der Waals surface area contributed by atoms with Gasteiger partial charge >= 0.3 is 0 Å². The summed E-state index contributed by atoms with van der Waals surface area (Å²) >= 11 is 0. The highest BCUT2D eigenvalue weighted by atomic mass is 16.5. The van der Waals surface area contributed by atoms with Crippen LogP contribution in [0, 0.1) is 6.92 Å². The van der Waals surface area contributed by atoms with Crippen molar-refractivity contribution in [2.24, 2.45) is 0 Å². The van der Waals surface area contributed by atoms with Crippen molar-refractivity contribution in [3.05, 3.63) is 53.6 Å². The van der Waals surface area contributed by atoms with E-state index in [1.54, 1.807) is 25.3 Å². The highest BCUT2D eigenvalue weighted by molar-refractivity contribution is 5.91. The number of hydrogen-bond acceptors (Lipinski definition) is 3. The minimum Gasteiger partial charge on any atom is -0.495 e. The highest BCUT2D eigenvalue weighted by Gasteiger charge is 2.06. The number of ether oxygens (including phenoxy) is 1. The molecule has 0 unspecified atom stereocenters. The third-order valence-corrected chi connectivity index (χ3v) is 3.24. The van der Waals surface area contributed by atoms with Crippen LogP contribution >= 0.6 is 0 Å². The van der Waals surface area contributed by atoms with Gasteiger partial charge in [-0.2, -0.15) is 0 Å². The Morgan fingerprint density at radius 2 is 2.05 bits per heavy atom. The van der Waals surface area contributed by atoms with Gasteiger partial charge in [-0.3, -0.25) is 4.79 Å². The van der Waals surface area contributed by atoms with E-state index in [2.05, 4.69) is 11.4 Å². The first-order valence-corrected chi connectivity index (χ1v) is 6.87. The number of hydrogen-bond donors (Lipinski definition) is 2. The molecule has 110 valence electrons. The fraction of sp³-hybridized carbons (Fsp3) is 0.235. The van der Waals surface area contributed by atoms with Gasteiger partial charge in [0, 0.05) is 12.1 Å². The molecule has 0 radical (unpaired) electrons. The zero-order chi connectivity index (χ0) is 15.2. The van der Waals surface area contributed by atoms with E-state index in [4.69, 9.17) is 10.5 Å². The number of nitrogens with one attached hydrogen (secondary N) is 1. The third-order valence-electron chi connectivity index (χ3n) is 3.24. The van der Waals surface area contributed by atoms with Gasteiger partial charge in [0.25, 0.3) is 0 Å². The topological polar surface area (TPSA) is 64.3 Å². The summed E-state index contributed by atoms with van der Waals surface area (Å²) in [7, 11) is 1.56. The van der Waals surface area contributed by atoms with Crippen molar-refractivity contribution >= 4 is 17.3 Å². The zero-order valence-corrected chi connectivity index (χ0v) is 12.3. The number of nitrogen functional groups attached to an aromatic ring is 1. The standard InChI is InChI=1S/C17H20N2O2/c1-12-4-3-5-13(10-12)6-9-17(20)19-14-7-8-16(21-2)15(18)11-14/h3-5,7-8,10-11H,6,9,18H2,1-2H3,(H,19,20). The summed E-state index contributed by atoms with van der Waals surface area (Å²) in [5.74, 6) is 0.578. The smallest absolute Gasteiger partial charge is 0.224 e. The van der Waals surface area contributed by atoms with Crippen molar-refractivity contribution in [3.63, 3.8) is 0 Å². The average Bonchev–Trinajstić information content (AvgIpc) is 2.45. The van der Waals surface area contributed by atoms with Crippen molar-refractivity contribution in [1.29, 1.82) is 0 Å². The first-order chi connectivity index (χ1) is 10.1. The van der Waals surface area contributed by atoms with Crippen LogP contribution in [0.4, 0.5) is 11.4 Å². The third kappa shape index (κ3) is 4.24. The molecule has 0 heterocycles. The maximum Gasteiger partial charge on any atom is 0.224 e. The molecule has 2 aromatic rings. The van der Waals surface area contributed by atoms with Crippen molar-refractivity contribution < 1.29 is 9.53 Å². The van der Waals surface area contributed by atoms with Gasteiger partial charge in [0.05, 0.1) is 12.8 Å². The van der Waals surface area contributed by atoms with Crippen LogP contribution < -0.4 is 15.8 Å². The molecule has 0 atom stereocenters. The van der Waals surface area contributed by atoms with Crippen LogP contribution in [-0.2, 0) is 11.2 Å². The maximum atomic E-state index is 12.0. The molecule has 21 heavy (non-hydrogen) atoms. The Morgan fingerprint density at radius 1 is 1.24 bits per heavy atom. The Kier molecular flexibility index (Phi) is 4.82. The molecule has 0 aliphatic carbocycles. The van der Waals surface area contributed by atoms with Gasteiger partial charge in [-0.25, -0.2) is 0 Å². The molecular formula is C17H20N2O2. The van der Waals surface area contributed by atoms with E-state index < -0.39 is 0 Å². The Labute approximate surface area is 124 Å². The highest BCUT2D eigenvalue weighted by Crippen LogP contribution is 2.24. The lowest BCUT2D eigenvalue weighted by atomic mass is 10.1. The van der Waals surface area contributed by atoms with Crippen molar-refractivity contribution in [2.75, 3.05) is 18.2 Å². The van der Waals surface area contributed by atoms with E-state index in [-0.39, 0.29) is 5.91 Å². The number of anilines is 2. The molecule has 0 aliphatic heterocycles. The normalized spacial score (nSPS) is 10.2. The van der Waals surface area contributed by atoms with Gasteiger partial charge in [0.2, 0.25) is 5.91 Å². The van der Waals surface area contributed by atoms with E-state index in [1.165, 1.54) is 11.1 Å². The summed E-state index contributed by atoms with van der Waals surface area (Å²) in [6.07, 6.45) is 1.16. The lowest BCUT2D eigenvalue weighted by molar-refractivity contribution is -0.116. The van der Waals surface area contributed by atoms with Crippen LogP contribution in [0.2, 0.25) is 0 Å². The fourth-order valence-electron chi connectivity index (χ4n) is 2.16. The summed E-state index contributed by atoms with van der Waals surface area (Å²) in [6.45, 7) is 2.05. The Morgan fingerprint density at radius 3 is 2.71 bits per heavy atom. The van der Waals surface area contributed by atoms with Gasteiger partial charge in [-0.15, -0.1) is 0 Å². The summed E-state index contributed by atoms with van der Waals surface area (Å²) in [5, 5.41) is 2.84. The Hall–Kier alpha value is -2.49. The van der Waals surface area contributed by atoms with Crippen molar-refractivity contribution in [3.8, 4) is 5.75 Å². The van der Waals surface area contributed by atoms with Crippen LogP contribution in [0.15, 0.2) is 42.5 Å². The molecule has 2 aromatic carbocycles. The summed E-state index contributed by atoms with van der Waals surface area (Å²) in [4.78, 5) is 12.0. The van der Waals surface area contributed by atoms with Crippen LogP contribution in [0.1, 0.15) is 17.5 Å². The number of carbonyl (C=O) groups is 1. The Bertz CT molecular complexity index is 638. The molecule has 2 rings (SSSR count). The van der Waals surface area contributed by atoms with Crippen LogP contribution in [0.3, 0.4) is 0 Å². The molecule has 0 spiro atoms. The van der Waals surface area contributed by atoms with Crippen LogP contribution in [0.5, 0.6) is 5.75 Å². The van der Waals surface area contributed by atoms with Gasteiger partial charge in [0.15, 0.2) is 0 Å². The number of amides is 1. The quantitative estimate of drug-likeness (QED) is 0.829. The van der Waals surface area contributed by atoms with Gasteiger partial charge in [0.1, 0.15) is 5.75 Å². The number of carbonyl (C=O) groups excluding carboxylic acids is 1. The molecule has 3 N–H and O–H groups in total. The molecule has 0 saturated heterocycles. The van der Waals surface area contributed by atoms with E-state index in [0.29, 0.717) is 23.5 Å². The monoisotopic (exact) mass is 284 g/mol. The van der Waals surface area contributed by atoms with E-state index in [9.17, 15) is 4.79 Å². The summed E-state index contributed by atoms with van der Waals surface area (Å²) in [6, 6.07) is 13.4. The summed E-state index contributed by atoms with van der Waals surface area (Å²) < 4.78 is 5.08. The molecule has 1 amide bonds. The van der Waals surface area contributed by atoms with Gasteiger partial charge in [-0.05, 0) is 37.1 Å². The number of benzene rings is 2. The molecule has 4 nitrogen and oxygen atoms in total. The largest absolute Gasteiger partial charge is 0.495 e. The number of rotatable bonds is 5. The molecule has 0 aromatic heterocycles. The number of methoxy groups -OCH3 is 1.